The smallest absolute Gasteiger partial charge is 0.125 e. The molecule has 0 atom stereocenters. The molecule has 1 heterocycles. The van der Waals surface area contributed by atoms with Crippen LogP contribution in [0, 0.1) is 0 Å². The lowest BCUT2D eigenvalue weighted by atomic mass is 9.80. The minimum absolute atomic E-state index is 0.0577. The van der Waals surface area contributed by atoms with Crippen LogP contribution in [0.3, 0.4) is 0 Å². The molecule has 1 fully saturated rings. The van der Waals surface area contributed by atoms with Gasteiger partial charge < -0.3 is 10.5 Å². The second kappa shape index (κ2) is 4.34. The zero-order chi connectivity index (χ0) is 12.7. The van der Waals surface area contributed by atoms with E-state index in [2.05, 4.69) is 20.8 Å². The summed E-state index contributed by atoms with van der Waals surface area (Å²) in [6.07, 6.45) is 3.41. The Bertz CT molecular complexity index is 397. The van der Waals surface area contributed by atoms with Gasteiger partial charge in [-0.25, -0.2) is 4.98 Å². The molecule has 3 nitrogen and oxygen atoms in total. The number of nitrogens with zero attached hydrogens (tertiary/aromatic N) is 1. The van der Waals surface area contributed by atoms with E-state index in [-0.39, 0.29) is 11.0 Å². The molecule has 1 aromatic heterocycles. The average molecular weight is 254 g/mol. The van der Waals surface area contributed by atoms with E-state index in [0.717, 1.165) is 23.5 Å². The molecule has 1 saturated carbocycles. The molecule has 1 aliphatic rings. The van der Waals surface area contributed by atoms with Crippen molar-refractivity contribution in [3.05, 3.63) is 15.6 Å². The first-order valence-electron chi connectivity index (χ1n) is 6.19. The number of hydrogen-bond donors (Lipinski definition) is 1. The van der Waals surface area contributed by atoms with Crippen LogP contribution in [0.25, 0.3) is 0 Å². The number of ether oxygens (including phenoxy) is 1. The van der Waals surface area contributed by atoms with Crippen LogP contribution in [0.2, 0.25) is 0 Å². The van der Waals surface area contributed by atoms with Gasteiger partial charge in [0.1, 0.15) is 10.6 Å². The van der Waals surface area contributed by atoms with Crippen LogP contribution in [0.1, 0.15) is 55.6 Å². The summed E-state index contributed by atoms with van der Waals surface area (Å²) in [5.74, 6) is 0. The van der Waals surface area contributed by atoms with Crippen molar-refractivity contribution in [3.8, 4) is 0 Å². The van der Waals surface area contributed by atoms with E-state index in [0.29, 0.717) is 6.54 Å². The topological polar surface area (TPSA) is 48.1 Å². The fourth-order valence-electron chi connectivity index (χ4n) is 2.27. The Kier molecular flexibility index (Phi) is 3.31. The first kappa shape index (κ1) is 13.0. The van der Waals surface area contributed by atoms with Gasteiger partial charge in [0.05, 0.1) is 5.69 Å². The number of rotatable bonds is 3. The van der Waals surface area contributed by atoms with Crippen molar-refractivity contribution >= 4 is 11.3 Å². The summed E-state index contributed by atoms with van der Waals surface area (Å²) in [6, 6.07) is 0. The van der Waals surface area contributed by atoms with E-state index in [1.54, 1.807) is 18.4 Å². The molecule has 0 unspecified atom stereocenters. The number of hydrogen-bond acceptors (Lipinski definition) is 4. The number of nitrogens with two attached hydrogens (primary N) is 1. The molecule has 1 aliphatic carbocycles. The van der Waals surface area contributed by atoms with Gasteiger partial charge in [0, 0.05) is 23.9 Å². The lowest BCUT2D eigenvalue weighted by molar-refractivity contribution is -0.0780. The predicted molar refractivity (Wildman–Crippen MR) is 71.2 cm³/mol. The van der Waals surface area contributed by atoms with Gasteiger partial charge in [-0.2, -0.15) is 0 Å². The fraction of sp³-hybridized carbons (Fsp3) is 0.769. The van der Waals surface area contributed by atoms with Crippen LogP contribution in [0.4, 0.5) is 0 Å². The molecule has 0 aromatic carbocycles. The Hall–Kier alpha value is -0.450. The lowest BCUT2D eigenvalue weighted by Gasteiger charge is -2.38. The minimum Gasteiger partial charge on any atom is -0.371 e. The molecular formula is C13H22N2OS. The molecule has 0 bridgehead atoms. The normalized spacial score (nSPS) is 19.1. The standard InChI is InChI=1S/C13H22N2OS/c1-12(2,3)10-9(8-14)17-11(15-10)13(16-4)6-5-7-13/h5-8,14H2,1-4H3. The molecule has 0 saturated heterocycles. The van der Waals surface area contributed by atoms with Gasteiger partial charge in [0.2, 0.25) is 0 Å². The van der Waals surface area contributed by atoms with Crippen molar-refractivity contribution in [1.82, 2.24) is 4.98 Å². The predicted octanol–water partition coefficient (Wildman–Crippen LogP) is 2.92. The van der Waals surface area contributed by atoms with E-state index in [1.165, 1.54) is 11.3 Å². The number of methoxy groups -OCH3 is 1. The average Bonchev–Trinajstić information content (AvgIpc) is 2.61. The van der Waals surface area contributed by atoms with Gasteiger partial charge in [0.25, 0.3) is 0 Å². The van der Waals surface area contributed by atoms with Crippen molar-refractivity contribution in [1.29, 1.82) is 0 Å². The van der Waals surface area contributed by atoms with Crippen LogP contribution in [0.15, 0.2) is 0 Å². The highest BCUT2D eigenvalue weighted by molar-refractivity contribution is 7.11. The van der Waals surface area contributed by atoms with Crippen molar-refractivity contribution in [2.75, 3.05) is 7.11 Å². The van der Waals surface area contributed by atoms with Crippen molar-refractivity contribution in [3.63, 3.8) is 0 Å². The molecule has 1 aromatic rings. The molecular weight excluding hydrogens is 232 g/mol. The molecule has 96 valence electrons. The Balaban J connectivity index is 2.41. The third-order valence-corrected chi connectivity index (χ3v) is 4.80. The Morgan fingerprint density at radius 3 is 2.35 bits per heavy atom. The van der Waals surface area contributed by atoms with Gasteiger partial charge >= 0.3 is 0 Å². The van der Waals surface area contributed by atoms with Crippen LogP contribution in [-0.4, -0.2) is 12.1 Å². The molecule has 2 rings (SSSR count). The quantitative estimate of drug-likeness (QED) is 0.902. The first-order chi connectivity index (χ1) is 7.93. The van der Waals surface area contributed by atoms with Gasteiger partial charge in [0.15, 0.2) is 0 Å². The Morgan fingerprint density at radius 2 is 2.06 bits per heavy atom. The maximum Gasteiger partial charge on any atom is 0.125 e. The van der Waals surface area contributed by atoms with Gasteiger partial charge in [-0.15, -0.1) is 11.3 Å². The van der Waals surface area contributed by atoms with Crippen molar-refractivity contribution < 1.29 is 4.74 Å². The van der Waals surface area contributed by atoms with E-state index in [4.69, 9.17) is 15.5 Å². The minimum atomic E-state index is -0.113. The summed E-state index contributed by atoms with van der Waals surface area (Å²) in [7, 11) is 1.79. The summed E-state index contributed by atoms with van der Waals surface area (Å²) < 4.78 is 5.69. The molecule has 4 heteroatoms. The van der Waals surface area contributed by atoms with Crippen LogP contribution in [-0.2, 0) is 22.3 Å². The monoisotopic (exact) mass is 254 g/mol. The molecule has 0 radical (unpaired) electrons. The van der Waals surface area contributed by atoms with Gasteiger partial charge in [-0.05, 0) is 19.3 Å². The largest absolute Gasteiger partial charge is 0.371 e. The highest BCUT2D eigenvalue weighted by atomic mass is 32.1. The summed E-state index contributed by atoms with van der Waals surface area (Å²) in [5.41, 5.74) is 6.92. The van der Waals surface area contributed by atoms with Crippen LogP contribution >= 0.6 is 11.3 Å². The maximum atomic E-state index is 5.83. The zero-order valence-corrected chi connectivity index (χ0v) is 12.0. The highest BCUT2D eigenvalue weighted by Gasteiger charge is 2.42. The second-order valence-electron chi connectivity index (χ2n) is 5.80. The van der Waals surface area contributed by atoms with Crippen molar-refractivity contribution in [2.24, 2.45) is 5.73 Å². The molecule has 2 N–H and O–H groups in total. The highest BCUT2D eigenvalue weighted by Crippen LogP contribution is 2.47. The van der Waals surface area contributed by atoms with Crippen LogP contribution < -0.4 is 5.73 Å². The fourth-order valence-corrected chi connectivity index (χ4v) is 3.65. The van der Waals surface area contributed by atoms with E-state index < -0.39 is 0 Å². The third kappa shape index (κ3) is 2.14. The lowest BCUT2D eigenvalue weighted by Crippen LogP contribution is -2.36. The second-order valence-corrected chi connectivity index (χ2v) is 6.88. The summed E-state index contributed by atoms with van der Waals surface area (Å²) in [6.45, 7) is 7.13. The first-order valence-corrected chi connectivity index (χ1v) is 7.00. The molecule has 0 amide bonds. The summed E-state index contributed by atoms with van der Waals surface area (Å²) in [5, 5.41) is 1.12. The van der Waals surface area contributed by atoms with E-state index in [1.807, 2.05) is 0 Å². The summed E-state index contributed by atoms with van der Waals surface area (Å²) in [4.78, 5) is 6.04. The molecule has 17 heavy (non-hydrogen) atoms. The van der Waals surface area contributed by atoms with E-state index in [9.17, 15) is 0 Å². The SMILES string of the molecule is COC1(c2nc(C(C)(C)C)c(CN)s2)CCC1. The third-order valence-electron chi connectivity index (χ3n) is 3.53. The van der Waals surface area contributed by atoms with Crippen molar-refractivity contribution in [2.45, 2.75) is 57.6 Å². The molecule has 0 spiro atoms. The maximum absolute atomic E-state index is 5.83. The number of aromatic nitrogens is 1. The van der Waals surface area contributed by atoms with Gasteiger partial charge in [-0.1, -0.05) is 20.8 Å². The summed E-state index contributed by atoms with van der Waals surface area (Å²) >= 11 is 1.73. The van der Waals surface area contributed by atoms with Crippen LogP contribution in [0.5, 0.6) is 0 Å². The Morgan fingerprint density at radius 1 is 1.41 bits per heavy atom. The number of thiazole rings is 1. The molecule has 0 aliphatic heterocycles. The Labute approximate surface area is 107 Å². The van der Waals surface area contributed by atoms with Gasteiger partial charge in [-0.3, -0.25) is 0 Å². The zero-order valence-electron chi connectivity index (χ0n) is 11.2. The van der Waals surface area contributed by atoms with E-state index >= 15 is 0 Å².